The van der Waals surface area contributed by atoms with E-state index in [1.54, 1.807) is 12.1 Å². The normalized spacial score (nSPS) is 19.9. The molecule has 218 valence electrons. The van der Waals surface area contributed by atoms with Crippen molar-refractivity contribution in [3.8, 4) is 0 Å². The van der Waals surface area contributed by atoms with Crippen LogP contribution >= 0.6 is 22.7 Å². The Morgan fingerprint density at radius 3 is 2.68 bits per heavy atom. The number of carbonyl (C=O) groups is 2. The SMILES string of the molecule is Cc1ccc([C@](O)(C(=O)OC2CCC(N(C)CCCNc3c(N=N)cc(C=O)c4c3COC4)CC2)c2cccs2)s1. The maximum Gasteiger partial charge on any atom is 0.349 e. The Balaban J connectivity index is 1.11. The molecule has 0 spiro atoms. The van der Waals surface area contributed by atoms with Crippen LogP contribution in [0, 0.1) is 12.5 Å². The summed E-state index contributed by atoms with van der Waals surface area (Å²) >= 11 is 2.77. The van der Waals surface area contributed by atoms with Gasteiger partial charge in [0.2, 0.25) is 5.60 Å². The number of aldehydes is 1. The maximum atomic E-state index is 13.4. The smallest absolute Gasteiger partial charge is 0.349 e. The zero-order valence-electron chi connectivity index (χ0n) is 23.4. The van der Waals surface area contributed by atoms with E-state index in [9.17, 15) is 14.7 Å². The Morgan fingerprint density at radius 2 is 2.02 bits per heavy atom. The Hall–Kier alpha value is -2.96. The van der Waals surface area contributed by atoms with Gasteiger partial charge in [0.25, 0.3) is 0 Å². The van der Waals surface area contributed by atoms with Crippen molar-refractivity contribution in [1.82, 2.24) is 4.90 Å². The van der Waals surface area contributed by atoms with Gasteiger partial charge in [0, 0.05) is 28.6 Å². The van der Waals surface area contributed by atoms with Crippen molar-refractivity contribution in [3.63, 3.8) is 0 Å². The van der Waals surface area contributed by atoms with Gasteiger partial charge in [-0.25, -0.2) is 10.3 Å². The Labute approximate surface area is 248 Å². The van der Waals surface area contributed by atoms with Crippen LogP contribution in [-0.4, -0.2) is 54.5 Å². The lowest BCUT2D eigenvalue weighted by Crippen LogP contribution is -2.42. The molecule has 3 heterocycles. The second kappa shape index (κ2) is 12.9. The van der Waals surface area contributed by atoms with E-state index in [4.69, 9.17) is 15.0 Å². The number of ether oxygens (including phenoxy) is 2. The molecule has 2 aliphatic rings. The molecule has 1 aliphatic heterocycles. The molecule has 0 amide bonds. The van der Waals surface area contributed by atoms with Crippen molar-refractivity contribution in [2.75, 3.05) is 25.5 Å². The Kier molecular flexibility index (Phi) is 9.30. The fourth-order valence-electron chi connectivity index (χ4n) is 5.76. The Bertz CT molecular complexity index is 1380. The number of benzene rings is 1. The molecule has 1 aromatic carbocycles. The van der Waals surface area contributed by atoms with Crippen molar-refractivity contribution in [2.45, 2.75) is 70.0 Å². The summed E-state index contributed by atoms with van der Waals surface area (Å²) in [4.78, 5) is 29.4. The van der Waals surface area contributed by atoms with Crippen LogP contribution < -0.4 is 5.32 Å². The summed E-state index contributed by atoms with van der Waals surface area (Å²) in [6.45, 7) is 4.36. The molecule has 0 unspecified atom stereocenters. The van der Waals surface area contributed by atoms with E-state index in [2.05, 4.69) is 22.4 Å². The number of rotatable bonds is 12. The second-order valence-electron chi connectivity index (χ2n) is 10.7. The highest BCUT2D eigenvalue weighted by atomic mass is 32.1. The minimum atomic E-state index is -1.78. The van der Waals surface area contributed by atoms with Gasteiger partial charge in [0.05, 0.1) is 28.7 Å². The molecule has 1 atom stereocenters. The number of carbonyl (C=O) groups excluding carboxylic acids is 2. The van der Waals surface area contributed by atoms with Crippen molar-refractivity contribution >= 4 is 46.3 Å². The van der Waals surface area contributed by atoms with Crippen molar-refractivity contribution in [1.29, 1.82) is 5.53 Å². The summed E-state index contributed by atoms with van der Waals surface area (Å²) in [7, 11) is 2.13. The van der Waals surface area contributed by atoms with Gasteiger partial charge < -0.3 is 24.8 Å². The quantitative estimate of drug-likeness (QED) is 0.0992. The number of nitrogens with zero attached hydrogens (tertiary/aromatic N) is 2. The number of aliphatic hydroxyl groups is 1. The molecule has 3 aromatic rings. The van der Waals surface area contributed by atoms with Crippen LogP contribution in [0.2, 0.25) is 0 Å². The highest BCUT2D eigenvalue weighted by Gasteiger charge is 2.45. The minimum absolute atomic E-state index is 0.216. The summed E-state index contributed by atoms with van der Waals surface area (Å²) in [5.41, 5.74) is 9.34. The van der Waals surface area contributed by atoms with Crippen LogP contribution in [0.3, 0.4) is 0 Å². The lowest BCUT2D eigenvalue weighted by molar-refractivity contribution is -0.169. The third-order valence-electron chi connectivity index (χ3n) is 8.10. The highest BCUT2D eigenvalue weighted by molar-refractivity contribution is 7.13. The van der Waals surface area contributed by atoms with Crippen molar-refractivity contribution in [3.05, 3.63) is 67.0 Å². The van der Waals surface area contributed by atoms with Crippen LogP contribution in [0.5, 0.6) is 0 Å². The van der Waals surface area contributed by atoms with Gasteiger partial charge in [-0.3, -0.25) is 4.79 Å². The average molecular weight is 597 g/mol. The molecule has 1 aliphatic carbocycles. The number of anilines is 1. The predicted molar refractivity (Wildman–Crippen MR) is 159 cm³/mol. The first kappa shape index (κ1) is 29.5. The third kappa shape index (κ3) is 6.14. The van der Waals surface area contributed by atoms with Gasteiger partial charge in [-0.2, -0.15) is 5.11 Å². The molecule has 11 heteroatoms. The van der Waals surface area contributed by atoms with Crippen LogP contribution in [0.1, 0.15) is 68.2 Å². The summed E-state index contributed by atoms with van der Waals surface area (Å²) in [6.07, 6.45) is 4.81. The molecular formula is C30H36N4O5S2. The summed E-state index contributed by atoms with van der Waals surface area (Å²) < 4.78 is 11.5. The van der Waals surface area contributed by atoms with Crippen LogP contribution in [0.25, 0.3) is 0 Å². The van der Waals surface area contributed by atoms with Crippen molar-refractivity contribution in [2.24, 2.45) is 5.11 Å². The van der Waals surface area contributed by atoms with Gasteiger partial charge in [-0.15, -0.1) is 22.7 Å². The lowest BCUT2D eigenvalue weighted by atomic mass is 9.91. The number of aryl methyl sites for hydroxylation is 1. The van der Waals surface area contributed by atoms with E-state index in [-0.39, 0.29) is 6.10 Å². The molecule has 0 saturated heterocycles. The van der Waals surface area contributed by atoms with Crippen LogP contribution in [0.15, 0.2) is 40.8 Å². The third-order valence-corrected chi connectivity index (χ3v) is 10.2. The molecule has 41 heavy (non-hydrogen) atoms. The molecular weight excluding hydrogens is 560 g/mol. The topological polar surface area (TPSA) is 124 Å². The summed E-state index contributed by atoms with van der Waals surface area (Å²) in [6, 6.07) is 9.39. The van der Waals surface area contributed by atoms with Gasteiger partial charge in [-0.05, 0) is 87.8 Å². The zero-order chi connectivity index (χ0) is 29.0. The molecule has 3 N–H and O–H groups in total. The van der Waals surface area contributed by atoms with E-state index in [0.29, 0.717) is 46.8 Å². The summed E-state index contributed by atoms with van der Waals surface area (Å²) in [5, 5.41) is 20.5. The lowest BCUT2D eigenvalue weighted by Gasteiger charge is -2.35. The number of hydrogen-bond donors (Lipinski definition) is 3. The largest absolute Gasteiger partial charge is 0.460 e. The number of fused-ring (bicyclic) bond motifs is 1. The molecule has 1 saturated carbocycles. The first-order valence-electron chi connectivity index (χ1n) is 13.9. The maximum absolute atomic E-state index is 13.4. The standard InChI is InChI=1S/C30H36N4O5S2/c1-19-6-11-27(41-19)30(37,26-5-3-14-40-26)29(36)39-22-9-7-21(8-10-22)34(2)13-4-12-32-28-24-18-38-17-23(24)20(16-35)15-25(28)33-31/h3,5-6,11,14-16,21-22,31-32,37H,4,7-10,12-13,17-18H2,1-2H3/t21?,22?,30-/m0/s1. The average Bonchev–Trinajstić information content (AvgIpc) is 3.77. The van der Waals surface area contributed by atoms with Gasteiger partial charge in [-0.1, -0.05) is 6.07 Å². The van der Waals surface area contributed by atoms with E-state index in [1.165, 1.54) is 22.7 Å². The molecule has 9 nitrogen and oxygen atoms in total. The van der Waals surface area contributed by atoms with Gasteiger partial charge in [0.15, 0.2) is 6.29 Å². The molecule has 0 bridgehead atoms. The molecule has 1 fully saturated rings. The molecule has 0 radical (unpaired) electrons. The fraction of sp³-hybridized carbons (Fsp3) is 0.467. The monoisotopic (exact) mass is 596 g/mol. The van der Waals surface area contributed by atoms with E-state index >= 15 is 0 Å². The highest BCUT2D eigenvalue weighted by Crippen LogP contribution is 2.40. The van der Waals surface area contributed by atoms with E-state index in [0.717, 1.165) is 66.6 Å². The van der Waals surface area contributed by atoms with Gasteiger partial charge >= 0.3 is 5.97 Å². The van der Waals surface area contributed by atoms with Crippen LogP contribution in [0.4, 0.5) is 11.4 Å². The molecule has 2 aromatic heterocycles. The van der Waals surface area contributed by atoms with Gasteiger partial charge in [0.1, 0.15) is 11.8 Å². The van der Waals surface area contributed by atoms with Crippen LogP contribution in [-0.2, 0) is 33.1 Å². The summed E-state index contributed by atoms with van der Waals surface area (Å²) in [5.74, 6) is -0.596. The first-order valence-corrected chi connectivity index (χ1v) is 15.6. The minimum Gasteiger partial charge on any atom is -0.460 e. The Morgan fingerprint density at radius 1 is 1.24 bits per heavy atom. The number of hydrogen-bond acceptors (Lipinski definition) is 11. The van der Waals surface area contributed by atoms with E-state index < -0.39 is 11.6 Å². The fourth-order valence-corrected chi connectivity index (χ4v) is 7.61. The zero-order valence-corrected chi connectivity index (χ0v) is 25.0. The second-order valence-corrected chi connectivity index (χ2v) is 13.0. The number of nitrogens with one attached hydrogen (secondary N) is 2. The first-order chi connectivity index (χ1) is 19.8. The number of thiophene rings is 2. The molecule has 5 rings (SSSR count). The van der Waals surface area contributed by atoms with Crippen molar-refractivity contribution < 1.29 is 24.2 Å². The van der Waals surface area contributed by atoms with E-state index in [1.807, 2.05) is 30.5 Å². The predicted octanol–water partition coefficient (Wildman–Crippen LogP) is 6.15. The number of esters is 1.